The zero-order valence-electron chi connectivity index (χ0n) is 20.5. The third-order valence-electron chi connectivity index (χ3n) is 9.26. The summed E-state index contributed by atoms with van der Waals surface area (Å²) < 4.78 is 28.7. The summed E-state index contributed by atoms with van der Waals surface area (Å²) in [4.78, 5) is 13.2. The maximum absolute atomic E-state index is 14.1. The van der Waals surface area contributed by atoms with Crippen LogP contribution in [0.2, 0.25) is 0 Å². The van der Waals surface area contributed by atoms with Crippen molar-refractivity contribution in [3.8, 4) is 11.4 Å². The lowest BCUT2D eigenvalue weighted by molar-refractivity contribution is -0.129. The maximum atomic E-state index is 14.1. The summed E-state index contributed by atoms with van der Waals surface area (Å²) in [6.07, 6.45) is 8.90. The fraction of sp³-hybridized carbons (Fsp3) is 0.483. The van der Waals surface area contributed by atoms with E-state index >= 15 is 0 Å². The summed E-state index contributed by atoms with van der Waals surface area (Å²) in [5.41, 5.74) is 3.34. The van der Waals surface area contributed by atoms with Crippen LogP contribution in [0.5, 0.6) is 5.75 Å². The highest BCUT2D eigenvalue weighted by molar-refractivity contribution is 5.87. The van der Waals surface area contributed by atoms with Gasteiger partial charge in [-0.3, -0.25) is 4.79 Å². The lowest BCUT2D eigenvalue weighted by atomic mass is 9.54. The zero-order chi connectivity index (χ0) is 25.0. The van der Waals surface area contributed by atoms with Crippen molar-refractivity contribution in [3.63, 3.8) is 0 Å². The van der Waals surface area contributed by atoms with E-state index in [1.807, 2.05) is 6.07 Å². The van der Waals surface area contributed by atoms with Crippen molar-refractivity contribution < 1.29 is 18.7 Å². The van der Waals surface area contributed by atoms with E-state index in [0.717, 1.165) is 50.3 Å². The minimum Gasteiger partial charge on any atom is -0.508 e. The highest BCUT2D eigenvalue weighted by Crippen LogP contribution is 2.62. The number of fused-ring (bicyclic) bond motifs is 5. The molecule has 2 fully saturated rings. The van der Waals surface area contributed by atoms with Crippen LogP contribution in [0, 0.1) is 34.8 Å². The molecule has 188 valence electrons. The van der Waals surface area contributed by atoms with Gasteiger partial charge in [0, 0.05) is 17.9 Å². The molecule has 36 heavy (non-hydrogen) atoms. The van der Waals surface area contributed by atoms with E-state index in [4.69, 9.17) is 0 Å². The number of carbonyl (C=O) groups is 1. The molecule has 1 aromatic heterocycles. The fourth-order valence-corrected chi connectivity index (χ4v) is 7.64. The number of benzene rings is 2. The summed E-state index contributed by atoms with van der Waals surface area (Å²) in [6, 6.07) is 9.23. The predicted octanol–water partition coefficient (Wildman–Crippen LogP) is 5.93. The van der Waals surface area contributed by atoms with E-state index < -0.39 is 11.6 Å². The topological polar surface area (TPSA) is 68.0 Å². The number of Topliss-reactive ketones (excluding diaryl/α,β-unsaturated/α-hetero) is 1. The number of ketones is 1. The number of aryl methyl sites for hydroxylation is 2. The molecule has 0 radical (unpaired) electrons. The molecule has 0 bridgehead atoms. The average molecular weight is 492 g/mol. The lowest BCUT2D eigenvalue weighted by Crippen LogP contribution is -2.44. The van der Waals surface area contributed by atoms with Crippen molar-refractivity contribution in [2.75, 3.05) is 0 Å². The molecular weight excluding hydrogens is 460 g/mol. The van der Waals surface area contributed by atoms with Crippen LogP contribution in [-0.4, -0.2) is 25.9 Å². The molecule has 0 aliphatic heterocycles. The number of aromatic hydroxyl groups is 1. The van der Waals surface area contributed by atoms with E-state index in [1.165, 1.54) is 27.9 Å². The second-order valence-electron chi connectivity index (χ2n) is 11.2. The molecule has 1 unspecified atom stereocenters. The van der Waals surface area contributed by atoms with Crippen molar-refractivity contribution in [1.29, 1.82) is 0 Å². The van der Waals surface area contributed by atoms with Crippen LogP contribution in [0.15, 0.2) is 42.6 Å². The number of carbonyl (C=O) groups excluding carboxylic acids is 1. The Kier molecular flexibility index (Phi) is 5.69. The van der Waals surface area contributed by atoms with Gasteiger partial charge in [-0.15, -0.1) is 5.10 Å². The van der Waals surface area contributed by atoms with Gasteiger partial charge in [0.15, 0.2) is 5.82 Å². The van der Waals surface area contributed by atoms with Crippen LogP contribution >= 0.6 is 0 Å². The molecule has 7 heteroatoms. The zero-order valence-corrected chi connectivity index (χ0v) is 20.5. The Morgan fingerprint density at radius 3 is 2.86 bits per heavy atom. The molecule has 1 N–H and O–H groups in total. The van der Waals surface area contributed by atoms with E-state index in [1.54, 1.807) is 12.3 Å². The standard InChI is InChI=1S/C29H31F2N3O2/c1-29-12-11-23-22-9-7-21(35)13-17(22)5-8-24(23)28(29)18(14-27(29)36)3-2-4-20-16-34(33-32-20)26-10-6-19(30)15-25(26)31/h6-7,9-10,13,15-16,18,23-24,28,35H,2-5,8,11-12,14H2,1H3/t18-,23-,24?,28+,29-/m1/s1. The van der Waals surface area contributed by atoms with Gasteiger partial charge in [-0.2, -0.15) is 0 Å². The van der Waals surface area contributed by atoms with Crippen LogP contribution < -0.4 is 0 Å². The SMILES string of the molecule is C[C@]12CC[C@@H]3c4ccc(O)cc4CCC3[C@@H]1[C@H](CCCc1cn(-c3ccc(F)cc3F)nn1)CC2=O. The van der Waals surface area contributed by atoms with Gasteiger partial charge in [0.2, 0.25) is 0 Å². The van der Waals surface area contributed by atoms with Crippen molar-refractivity contribution in [2.45, 2.75) is 64.2 Å². The Morgan fingerprint density at radius 1 is 1.17 bits per heavy atom. The molecule has 2 saturated carbocycles. The predicted molar refractivity (Wildman–Crippen MR) is 131 cm³/mol. The molecule has 3 aliphatic carbocycles. The first-order valence-electron chi connectivity index (χ1n) is 13.1. The Balaban J connectivity index is 1.16. The van der Waals surface area contributed by atoms with Gasteiger partial charge in [-0.25, -0.2) is 13.5 Å². The maximum Gasteiger partial charge on any atom is 0.151 e. The largest absolute Gasteiger partial charge is 0.508 e. The highest BCUT2D eigenvalue weighted by atomic mass is 19.1. The fourth-order valence-electron chi connectivity index (χ4n) is 7.64. The summed E-state index contributed by atoms with van der Waals surface area (Å²) in [6.45, 7) is 2.20. The minimum absolute atomic E-state index is 0.173. The first kappa shape index (κ1) is 23.3. The lowest BCUT2D eigenvalue weighted by Gasteiger charge is -2.50. The van der Waals surface area contributed by atoms with Crippen LogP contribution in [0.25, 0.3) is 5.69 Å². The molecular formula is C29H31F2N3O2. The molecule has 0 amide bonds. The molecule has 0 spiro atoms. The number of hydrogen-bond acceptors (Lipinski definition) is 4. The quantitative estimate of drug-likeness (QED) is 0.481. The second kappa shape index (κ2) is 8.79. The van der Waals surface area contributed by atoms with Crippen molar-refractivity contribution in [1.82, 2.24) is 15.0 Å². The first-order chi connectivity index (χ1) is 17.3. The van der Waals surface area contributed by atoms with E-state index in [9.17, 15) is 18.7 Å². The molecule has 5 atom stereocenters. The highest BCUT2D eigenvalue weighted by Gasteiger charge is 2.58. The van der Waals surface area contributed by atoms with Gasteiger partial charge in [0.05, 0.1) is 11.9 Å². The van der Waals surface area contributed by atoms with Crippen molar-refractivity contribution >= 4 is 5.78 Å². The Bertz CT molecular complexity index is 1320. The van der Waals surface area contributed by atoms with Crippen LogP contribution in [0.3, 0.4) is 0 Å². The van der Waals surface area contributed by atoms with Gasteiger partial charge in [-0.1, -0.05) is 18.2 Å². The third kappa shape index (κ3) is 3.84. The Hall–Kier alpha value is -3.09. The number of phenolic OH excluding ortho intramolecular Hbond substituents is 1. The Labute approximate surface area is 209 Å². The van der Waals surface area contributed by atoms with E-state index in [2.05, 4.69) is 23.3 Å². The summed E-state index contributed by atoms with van der Waals surface area (Å²) in [5.74, 6) is 1.16. The molecule has 1 heterocycles. The van der Waals surface area contributed by atoms with Gasteiger partial charge < -0.3 is 5.11 Å². The van der Waals surface area contributed by atoms with E-state index in [-0.39, 0.29) is 11.1 Å². The minimum atomic E-state index is -0.675. The number of phenols is 1. The molecule has 0 saturated heterocycles. The summed E-state index contributed by atoms with van der Waals surface area (Å²) in [7, 11) is 0. The average Bonchev–Trinajstić information content (AvgIpc) is 3.41. The molecule has 2 aromatic carbocycles. The van der Waals surface area contributed by atoms with Gasteiger partial charge in [-0.05, 0) is 104 Å². The normalized spacial score (nSPS) is 29.0. The second-order valence-corrected chi connectivity index (χ2v) is 11.2. The molecule has 3 aliphatic rings. The number of hydrogen-bond donors (Lipinski definition) is 1. The van der Waals surface area contributed by atoms with Crippen molar-refractivity contribution in [3.05, 3.63) is 71.1 Å². The number of halogens is 2. The smallest absolute Gasteiger partial charge is 0.151 e. The molecule has 3 aromatic rings. The summed E-state index contributed by atoms with van der Waals surface area (Å²) in [5, 5.41) is 18.2. The Morgan fingerprint density at radius 2 is 2.03 bits per heavy atom. The number of rotatable bonds is 5. The third-order valence-corrected chi connectivity index (χ3v) is 9.26. The monoisotopic (exact) mass is 491 g/mol. The first-order valence-corrected chi connectivity index (χ1v) is 13.1. The number of nitrogens with zero attached hydrogens (tertiary/aromatic N) is 3. The van der Waals surface area contributed by atoms with Crippen molar-refractivity contribution in [2.24, 2.45) is 23.2 Å². The van der Waals surface area contributed by atoms with Gasteiger partial charge in [0.1, 0.15) is 23.0 Å². The molecule has 6 rings (SSSR count). The number of aromatic nitrogens is 3. The summed E-state index contributed by atoms with van der Waals surface area (Å²) >= 11 is 0. The van der Waals surface area contributed by atoms with Crippen LogP contribution in [-0.2, 0) is 17.6 Å². The van der Waals surface area contributed by atoms with E-state index in [0.29, 0.717) is 48.0 Å². The van der Waals surface area contributed by atoms with Crippen LogP contribution in [0.1, 0.15) is 68.2 Å². The van der Waals surface area contributed by atoms with Gasteiger partial charge in [0.25, 0.3) is 0 Å². The molecule has 5 nitrogen and oxygen atoms in total. The van der Waals surface area contributed by atoms with Crippen LogP contribution in [0.4, 0.5) is 8.78 Å². The van der Waals surface area contributed by atoms with Gasteiger partial charge >= 0.3 is 0 Å².